The van der Waals surface area contributed by atoms with Crippen LogP contribution in [-0.2, 0) is 29.9 Å². The van der Waals surface area contributed by atoms with Crippen LogP contribution in [0, 0.1) is 17.1 Å². The highest BCUT2D eigenvalue weighted by Gasteiger charge is 2.30. The van der Waals surface area contributed by atoms with Gasteiger partial charge in [0.05, 0.1) is 49.4 Å². The number of nitrogen functional groups attached to an aromatic ring is 1. The molecule has 0 saturated carbocycles. The van der Waals surface area contributed by atoms with Crippen LogP contribution in [0.15, 0.2) is 36.7 Å². The SMILES string of the molecule is CCCCCCCCCCCCCCCCCOCCC(COP(O)OCC1CCC(c2ccc3c(N)ncnn23)O1)OCc1cc(F)cc(C#N)c1. The molecule has 3 aromatic rings. The summed E-state index contributed by atoms with van der Waals surface area (Å²) < 4.78 is 45.3. The normalized spacial score (nSPS) is 17.0. The van der Waals surface area contributed by atoms with Crippen LogP contribution in [0.5, 0.6) is 0 Å². The van der Waals surface area contributed by atoms with E-state index in [4.69, 9.17) is 29.0 Å². The summed E-state index contributed by atoms with van der Waals surface area (Å²) in [6.45, 7) is 3.74. The second kappa shape index (κ2) is 25.4. The number of fused-ring (bicyclic) bond motifs is 1. The average Bonchev–Trinajstić information content (AvgIpc) is 3.82. The maximum Gasteiger partial charge on any atom is 0.330 e. The summed E-state index contributed by atoms with van der Waals surface area (Å²) in [7, 11) is -2.19. The number of hydrogen-bond acceptors (Lipinski definition) is 10. The zero-order chi connectivity index (χ0) is 37.5. The van der Waals surface area contributed by atoms with E-state index in [0.717, 1.165) is 36.9 Å². The van der Waals surface area contributed by atoms with Crippen molar-refractivity contribution in [3.63, 3.8) is 0 Å². The van der Waals surface area contributed by atoms with E-state index in [-0.39, 0.29) is 37.6 Å². The minimum atomic E-state index is -2.19. The third-order valence-electron chi connectivity index (χ3n) is 9.74. The van der Waals surface area contributed by atoms with Crippen molar-refractivity contribution in [2.75, 3.05) is 32.2 Å². The van der Waals surface area contributed by atoms with Gasteiger partial charge in [0.25, 0.3) is 0 Å². The quantitative estimate of drug-likeness (QED) is 0.0518. The predicted octanol–water partition coefficient (Wildman–Crippen LogP) is 9.66. The summed E-state index contributed by atoms with van der Waals surface area (Å²) in [4.78, 5) is 14.6. The van der Waals surface area contributed by atoms with E-state index in [2.05, 4.69) is 17.0 Å². The van der Waals surface area contributed by atoms with Crippen molar-refractivity contribution in [1.82, 2.24) is 14.6 Å². The van der Waals surface area contributed by atoms with Crippen LogP contribution in [-0.4, -0.2) is 58.1 Å². The Balaban J connectivity index is 1.09. The Morgan fingerprint density at radius 2 is 1.66 bits per heavy atom. The van der Waals surface area contributed by atoms with E-state index < -0.39 is 20.5 Å². The van der Waals surface area contributed by atoms with E-state index in [1.807, 2.05) is 18.2 Å². The molecule has 1 saturated heterocycles. The zero-order valence-corrected chi connectivity index (χ0v) is 32.5. The molecule has 0 radical (unpaired) electrons. The van der Waals surface area contributed by atoms with Crippen LogP contribution in [0.1, 0.15) is 145 Å². The van der Waals surface area contributed by atoms with Crippen LogP contribution >= 0.6 is 8.60 Å². The molecule has 0 amide bonds. The summed E-state index contributed by atoms with van der Waals surface area (Å²) in [5.41, 5.74) is 8.37. The first-order valence-electron chi connectivity index (χ1n) is 19.8. The predicted molar refractivity (Wildman–Crippen MR) is 205 cm³/mol. The van der Waals surface area contributed by atoms with Crippen LogP contribution in [0.3, 0.4) is 0 Å². The van der Waals surface area contributed by atoms with E-state index in [9.17, 15) is 14.5 Å². The van der Waals surface area contributed by atoms with Gasteiger partial charge in [-0.25, -0.2) is 13.9 Å². The lowest BCUT2D eigenvalue weighted by Crippen LogP contribution is -2.22. The smallest absolute Gasteiger partial charge is 0.330 e. The number of hydrogen-bond donors (Lipinski definition) is 2. The minimum absolute atomic E-state index is 0.0658. The number of nitrogens with zero attached hydrogens (tertiary/aromatic N) is 4. The fraction of sp³-hybridized carbons (Fsp3) is 0.675. The van der Waals surface area contributed by atoms with Crippen LogP contribution in [0.4, 0.5) is 10.2 Å². The number of halogens is 1. The van der Waals surface area contributed by atoms with Gasteiger partial charge in [-0.05, 0) is 61.6 Å². The summed E-state index contributed by atoms with van der Waals surface area (Å²) in [5.74, 6) is -0.0856. The molecule has 0 bridgehead atoms. The topological polar surface area (TPSA) is 146 Å². The number of rotatable bonds is 29. The van der Waals surface area contributed by atoms with Gasteiger partial charge >= 0.3 is 8.60 Å². The molecule has 294 valence electrons. The van der Waals surface area contributed by atoms with E-state index in [1.165, 1.54) is 102 Å². The Bertz CT molecular complexity index is 1490. The standard InChI is InChI=1S/C40H61FN5O6P/c1-2-3-4-5-6-7-8-9-10-11-12-13-14-15-16-22-48-23-21-35(49-28-33-24-32(27-42)25-34(41)26-33)29-50-53(47)51-30-36-17-20-39(52-36)37-18-19-38-40(43)44-31-45-46(37)38/h18-19,24-26,31,35-36,39,47H,2-17,20-23,28-30H2,1H3,(H2,43,44,45). The maximum absolute atomic E-state index is 14.0. The van der Waals surface area contributed by atoms with Crippen molar-refractivity contribution in [1.29, 1.82) is 5.26 Å². The molecule has 3 N–H and O–H groups in total. The van der Waals surface area contributed by atoms with Crippen molar-refractivity contribution in [3.05, 3.63) is 59.3 Å². The molecule has 1 fully saturated rings. The highest BCUT2D eigenvalue weighted by Crippen LogP contribution is 2.38. The largest absolute Gasteiger partial charge is 0.382 e. The molecule has 4 atom stereocenters. The van der Waals surface area contributed by atoms with Gasteiger partial charge < -0.3 is 33.9 Å². The summed E-state index contributed by atoms with van der Waals surface area (Å²) in [6.07, 6.45) is 22.4. The second-order valence-electron chi connectivity index (χ2n) is 14.1. The Morgan fingerprint density at radius 3 is 2.36 bits per heavy atom. The molecule has 1 aromatic carbocycles. The molecule has 3 heterocycles. The monoisotopic (exact) mass is 757 g/mol. The first kappa shape index (κ1) is 43.0. The lowest BCUT2D eigenvalue weighted by Gasteiger charge is -2.20. The van der Waals surface area contributed by atoms with Crippen molar-refractivity contribution in [3.8, 4) is 6.07 Å². The Kier molecular flexibility index (Phi) is 20.6. The molecule has 11 nitrogen and oxygen atoms in total. The Morgan fingerprint density at radius 1 is 0.962 bits per heavy atom. The lowest BCUT2D eigenvalue weighted by molar-refractivity contribution is -0.0210. The first-order chi connectivity index (χ1) is 26.0. The van der Waals surface area contributed by atoms with E-state index in [0.29, 0.717) is 31.0 Å². The molecule has 0 aliphatic carbocycles. The van der Waals surface area contributed by atoms with Crippen molar-refractivity contribution in [2.45, 2.75) is 147 Å². The molecule has 1 aliphatic rings. The number of benzene rings is 1. The number of unbranched alkanes of at least 4 members (excludes halogenated alkanes) is 14. The number of nitrogens with two attached hydrogens (primary N) is 1. The van der Waals surface area contributed by atoms with Gasteiger partial charge in [-0.1, -0.05) is 96.8 Å². The molecule has 1 aliphatic heterocycles. The van der Waals surface area contributed by atoms with Crippen LogP contribution in [0.25, 0.3) is 5.52 Å². The fourth-order valence-electron chi connectivity index (χ4n) is 6.71. The van der Waals surface area contributed by atoms with Gasteiger partial charge in [0.2, 0.25) is 0 Å². The molecular weight excluding hydrogens is 696 g/mol. The molecule has 4 rings (SSSR count). The molecule has 4 unspecified atom stereocenters. The fourth-order valence-corrected chi connectivity index (χ4v) is 7.38. The average molecular weight is 758 g/mol. The highest BCUT2D eigenvalue weighted by molar-refractivity contribution is 7.40. The van der Waals surface area contributed by atoms with Crippen molar-refractivity contribution >= 4 is 19.9 Å². The second-order valence-corrected chi connectivity index (χ2v) is 15.1. The number of ether oxygens (including phenoxy) is 3. The Hall–Kier alpha value is -2.75. The van der Waals surface area contributed by atoms with Gasteiger partial charge in [0.1, 0.15) is 23.8 Å². The van der Waals surface area contributed by atoms with Gasteiger partial charge in [-0.2, -0.15) is 10.4 Å². The first-order valence-corrected chi connectivity index (χ1v) is 21.0. The van der Waals surface area contributed by atoms with Gasteiger partial charge in [0.15, 0.2) is 5.82 Å². The van der Waals surface area contributed by atoms with Gasteiger partial charge in [-0.3, -0.25) is 0 Å². The highest BCUT2D eigenvalue weighted by atomic mass is 31.2. The third kappa shape index (κ3) is 16.3. The maximum atomic E-state index is 14.0. The van der Waals surface area contributed by atoms with Gasteiger partial charge in [-0.15, -0.1) is 0 Å². The summed E-state index contributed by atoms with van der Waals surface area (Å²) in [6, 6.07) is 9.92. The number of anilines is 1. The lowest BCUT2D eigenvalue weighted by atomic mass is 10.0. The zero-order valence-electron chi connectivity index (χ0n) is 31.6. The Labute approximate surface area is 316 Å². The minimum Gasteiger partial charge on any atom is -0.382 e. The molecule has 0 spiro atoms. The van der Waals surface area contributed by atoms with Crippen LogP contribution < -0.4 is 5.73 Å². The summed E-state index contributed by atoms with van der Waals surface area (Å²) in [5, 5.41) is 13.5. The molecule has 53 heavy (non-hydrogen) atoms. The van der Waals surface area contributed by atoms with Crippen molar-refractivity contribution < 1.29 is 32.5 Å². The number of aromatic nitrogens is 3. The summed E-state index contributed by atoms with van der Waals surface area (Å²) >= 11 is 0. The van der Waals surface area contributed by atoms with Crippen molar-refractivity contribution in [2.24, 2.45) is 0 Å². The number of nitriles is 1. The van der Waals surface area contributed by atoms with Gasteiger partial charge in [0, 0.05) is 13.2 Å². The third-order valence-corrected chi connectivity index (χ3v) is 10.5. The van der Waals surface area contributed by atoms with E-state index in [1.54, 1.807) is 10.6 Å². The molecular formula is C40H61FN5O6P. The molecule has 2 aromatic heterocycles. The molecule has 13 heteroatoms. The van der Waals surface area contributed by atoms with E-state index >= 15 is 0 Å². The van der Waals surface area contributed by atoms with Crippen LogP contribution in [0.2, 0.25) is 0 Å².